The molecule has 0 bridgehead atoms. The Morgan fingerprint density at radius 1 is 1.23 bits per heavy atom. The molecule has 0 radical (unpaired) electrons. The molecule has 1 aliphatic heterocycles. The summed E-state index contributed by atoms with van der Waals surface area (Å²) in [5.41, 5.74) is 2.37. The minimum Gasteiger partial charge on any atom is -0.478 e. The van der Waals surface area contributed by atoms with E-state index in [1.54, 1.807) is 24.3 Å². The van der Waals surface area contributed by atoms with Crippen molar-refractivity contribution in [3.8, 4) is 11.1 Å². The van der Waals surface area contributed by atoms with Crippen LogP contribution in [0.15, 0.2) is 41.4 Å². The first-order chi connectivity index (χ1) is 10.5. The van der Waals surface area contributed by atoms with Crippen molar-refractivity contribution in [2.45, 2.75) is 0 Å². The van der Waals surface area contributed by atoms with Crippen molar-refractivity contribution in [1.82, 2.24) is 10.6 Å². The van der Waals surface area contributed by atoms with E-state index in [1.165, 1.54) is 11.3 Å². The maximum Gasteiger partial charge on any atom is 0.335 e. The summed E-state index contributed by atoms with van der Waals surface area (Å²) in [5, 5.41) is 16.5. The summed E-state index contributed by atoms with van der Waals surface area (Å²) in [6.07, 6.45) is 1.71. The molecule has 0 spiro atoms. The predicted octanol–water partition coefficient (Wildman–Crippen LogP) is 2.46. The Kier molecular flexibility index (Phi) is 3.74. The van der Waals surface area contributed by atoms with E-state index < -0.39 is 5.97 Å². The van der Waals surface area contributed by atoms with Gasteiger partial charge in [-0.2, -0.15) is 0 Å². The van der Waals surface area contributed by atoms with E-state index in [4.69, 9.17) is 17.3 Å². The van der Waals surface area contributed by atoms with Gasteiger partial charge in [0.15, 0.2) is 5.11 Å². The molecule has 0 atom stereocenters. The fourth-order valence-corrected chi connectivity index (χ4v) is 3.09. The van der Waals surface area contributed by atoms with Gasteiger partial charge >= 0.3 is 5.97 Å². The predicted molar refractivity (Wildman–Crippen MR) is 88.6 cm³/mol. The highest BCUT2D eigenvalue weighted by Crippen LogP contribution is 2.27. The number of carboxylic acid groups (broad SMARTS) is 1. The number of hydrogen-bond acceptors (Lipinski definition) is 4. The summed E-state index contributed by atoms with van der Waals surface area (Å²) in [6, 6.07) is 8.63. The first kappa shape index (κ1) is 14.4. The summed E-state index contributed by atoms with van der Waals surface area (Å²) >= 11 is 6.34. The third-order valence-electron chi connectivity index (χ3n) is 3.07. The van der Waals surface area contributed by atoms with Gasteiger partial charge in [0, 0.05) is 4.88 Å². The number of aromatic carboxylic acids is 1. The maximum atomic E-state index is 11.6. The van der Waals surface area contributed by atoms with Crippen LogP contribution >= 0.6 is 23.6 Å². The summed E-state index contributed by atoms with van der Waals surface area (Å²) in [4.78, 5) is 23.5. The molecular formula is C15H10N2O3S2. The molecule has 0 unspecified atom stereocenters. The molecule has 1 aromatic heterocycles. The third-order valence-corrected chi connectivity index (χ3v) is 4.15. The van der Waals surface area contributed by atoms with Crippen LogP contribution in [0.2, 0.25) is 0 Å². The van der Waals surface area contributed by atoms with E-state index in [1.807, 2.05) is 17.5 Å². The molecule has 2 heterocycles. The van der Waals surface area contributed by atoms with Gasteiger partial charge < -0.3 is 10.4 Å². The smallest absolute Gasteiger partial charge is 0.335 e. The van der Waals surface area contributed by atoms with E-state index in [0.29, 0.717) is 10.8 Å². The monoisotopic (exact) mass is 330 g/mol. The maximum absolute atomic E-state index is 11.6. The van der Waals surface area contributed by atoms with Crippen LogP contribution in [-0.2, 0) is 4.79 Å². The second-order valence-electron chi connectivity index (χ2n) is 4.59. The number of benzene rings is 1. The second kappa shape index (κ2) is 5.70. The molecule has 1 fully saturated rings. The number of carbonyl (C=O) groups excluding carboxylic acids is 1. The van der Waals surface area contributed by atoms with Gasteiger partial charge in [0.1, 0.15) is 5.70 Å². The number of rotatable bonds is 3. The number of hydrogen-bond donors (Lipinski definition) is 3. The van der Waals surface area contributed by atoms with Gasteiger partial charge in [-0.05, 0) is 53.0 Å². The first-order valence-electron chi connectivity index (χ1n) is 6.29. The molecular weight excluding hydrogens is 320 g/mol. The zero-order chi connectivity index (χ0) is 15.7. The van der Waals surface area contributed by atoms with Gasteiger partial charge in [-0.1, -0.05) is 12.1 Å². The van der Waals surface area contributed by atoms with Crippen molar-refractivity contribution in [2.24, 2.45) is 0 Å². The van der Waals surface area contributed by atoms with E-state index in [9.17, 15) is 9.59 Å². The summed E-state index contributed by atoms with van der Waals surface area (Å²) in [7, 11) is 0. The van der Waals surface area contributed by atoms with E-state index >= 15 is 0 Å². The average molecular weight is 330 g/mol. The van der Waals surface area contributed by atoms with Crippen molar-refractivity contribution < 1.29 is 14.7 Å². The van der Waals surface area contributed by atoms with Crippen molar-refractivity contribution >= 4 is 46.6 Å². The number of nitrogens with one attached hydrogen (secondary N) is 2. The molecule has 7 heteroatoms. The lowest BCUT2D eigenvalue weighted by Gasteiger charge is -1.99. The molecule has 22 heavy (non-hydrogen) atoms. The molecule has 1 saturated heterocycles. The van der Waals surface area contributed by atoms with Crippen LogP contribution in [0.25, 0.3) is 17.2 Å². The average Bonchev–Trinajstić information content (AvgIpc) is 3.06. The Hall–Kier alpha value is -2.51. The normalized spacial score (nSPS) is 15.7. The highest BCUT2D eigenvalue weighted by atomic mass is 32.1. The molecule has 1 aliphatic rings. The Morgan fingerprint density at radius 2 is 2.05 bits per heavy atom. The van der Waals surface area contributed by atoms with Crippen LogP contribution < -0.4 is 10.6 Å². The van der Waals surface area contributed by atoms with Gasteiger partial charge in [-0.3, -0.25) is 10.1 Å². The quantitative estimate of drug-likeness (QED) is 0.595. The first-order valence-corrected chi connectivity index (χ1v) is 7.58. The highest BCUT2D eigenvalue weighted by molar-refractivity contribution is 7.80. The summed E-state index contributed by atoms with van der Waals surface area (Å²) in [6.45, 7) is 0. The fraction of sp³-hybridized carbons (Fsp3) is 0. The Morgan fingerprint density at radius 3 is 2.73 bits per heavy atom. The summed E-state index contributed by atoms with van der Waals surface area (Å²) in [5.74, 6) is -1.22. The number of thiophene rings is 1. The van der Waals surface area contributed by atoms with Crippen LogP contribution in [0.4, 0.5) is 0 Å². The standard InChI is InChI=1S/C15H10N2O3S2/c18-13-12(16-15(21)17-13)6-11-5-10(7-22-11)8-2-1-3-9(4-8)14(19)20/h1-7H,(H,19,20)(H2,16,17,18,21). The van der Waals surface area contributed by atoms with Crippen LogP contribution in [0, 0.1) is 0 Å². The van der Waals surface area contributed by atoms with Gasteiger partial charge in [-0.25, -0.2) is 4.79 Å². The largest absolute Gasteiger partial charge is 0.478 e. The Bertz CT molecular complexity index is 824. The van der Waals surface area contributed by atoms with Crippen molar-refractivity contribution in [3.05, 3.63) is 51.8 Å². The summed E-state index contributed by atoms with van der Waals surface area (Å²) < 4.78 is 0. The lowest BCUT2D eigenvalue weighted by atomic mass is 10.1. The molecule has 0 aliphatic carbocycles. The zero-order valence-electron chi connectivity index (χ0n) is 11.1. The van der Waals surface area contributed by atoms with Gasteiger partial charge in [-0.15, -0.1) is 11.3 Å². The molecule has 0 saturated carbocycles. The lowest BCUT2D eigenvalue weighted by Crippen LogP contribution is -2.21. The van der Waals surface area contributed by atoms with Crippen LogP contribution in [0.1, 0.15) is 15.2 Å². The van der Waals surface area contributed by atoms with Crippen LogP contribution in [0.3, 0.4) is 0 Å². The number of thiocarbonyl (C=S) groups is 1. The van der Waals surface area contributed by atoms with E-state index in [-0.39, 0.29) is 11.5 Å². The second-order valence-corrected chi connectivity index (χ2v) is 5.94. The van der Waals surface area contributed by atoms with Gasteiger partial charge in [0.05, 0.1) is 5.56 Å². The molecule has 3 N–H and O–H groups in total. The van der Waals surface area contributed by atoms with Gasteiger partial charge in [0.25, 0.3) is 5.91 Å². The molecule has 2 aromatic rings. The third kappa shape index (κ3) is 2.90. The van der Waals surface area contributed by atoms with Gasteiger partial charge in [0.2, 0.25) is 0 Å². The van der Waals surface area contributed by atoms with Crippen molar-refractivity contribution in [1.29, 1.82) is 0 Å². The van der Waals surface area contributed by atoms with Crippen molar-refractivity contribution in [2.75, 3.05) is 0 Å². The number of amides is 1. The number of carbonyl (C=O) groups is 2. The van der Waals surface area contributed by atoms with Crippen LogP contribution in [0.5, 0.6) is 0 Å². The van der Waals surface area contributed by atoms with Crippen molar-refractivity contribution in [3.63, 3.8) is 0 Å². The Balaban J connectivity index is 1.90. The fourth-order valence-electron chi connectivity index (χ4n) is 2.04. The minimum atomic E-state index is -0.959. The molecule has 5 nitrogen and oxygen atoms in total. The number of carboxylic acids is 1. The Labute approximate surface area is 135 Å². The lowest BCUT2D eigenvalue weighted by molar-refractivity contribution is -0.115. The minimum absolute atomic E-state index is 0.241. The molecule has 1 amide bonds. The van der Waals surface area contributed by atoms with E-state index in [2.05, 4.69) is 10.6 Å². The zero-order valence-corrected chi connectivity index (χ0v) is 12.8. The molecule has 110 valence electrons. The SMILES string of the molecule is O=C1NC(=S)NC1=Cc1cc(-c2cccc(C(=O)O)c2)cs1. The highest BCUT2D eigenvalue weighted by Gasteiger charge is 2.20. The molecule has 1 aromatic carbocycles. The van der Waals surface area contributed by atoms with Crippen LogP contribution in [-0.4, -0.2) is 22.1 Å². The topological polar surface area (TPSA) is 78.4 Å². The van der Waals surface area contributed by atoms with E-state index in [0.717, 1.165) is 16.0 Å². The molecule has 3 rings (SSSR count).